The van der Waals surface area contributed by atoms with Gasteiger partial charge in [0.15, 0.2) is 17.5 Å². The summed E-state index contributed by atoms with van der Waals surface area (Å²) in [6, 6.07) is 10.6. The Kier molecular flexibility index (Phi) is 8.32. The number of ether oxygens (including phenoxy) is 3. The van der Waals surface area contributed by atoms with Gasteiger partial charge in [0.25, 0.3) is 0 Å². The number of rotatable bonds is 10. The number of nitrogens with zero attached hydrogens (tertiary/aromatic N) is 2. The number of nitrogens with one attached hydrogen (secondary N) is 1. The molecule has 0 aliphatic heterocycles. The molecular weight excluding hydrogens is 434 g/mol. The van der Waals surface area contributed by atoms with Crippen LogP contribution in [0.15, 0.2) is 36.4 Å². The molecule has 0 radical (unpaired) electrons. The molecule has 0 aliphatic rings. The third-order valence-corrected chi connectivity index (χ3v) is 5.79. The lowest BCUT2D eigenvalue weighted by Gasteiger charge is -2.27. The zero-order valence-corrected chi connectivity index (χ0v) is 19.5. The Bertz CT molecular complexity index is 1090. The smallest absolute Gasteiger partial charge is 0.333 e. The zero-order chi connectivity index (χ0) is 23.9. The molecule has 0 heterocycles. The minimum Gasteiger partial charge on any atom is -0.490 e. The lowest BCUT2D eigenvalue weighted by atomic mass is 10.0. The molecule has 1 N–H and O–H groups in total. The molecule has 0 aliphatic carbocycles. The van der Waals surface area contributed by atoms with Crippen molar-refractivity contribution in [1.82, 2.24) is 0 Å². The van der Waals surface area contributed by atoms with Gasteiger partial charge in [-0.2, -0.15) is 5.26 Å². The van der Waals surface area contributed by atoms with Crippen LogP contribution < -0.4 is 19.1 Å². The molecule has 0 saturated heterocycles. The van der Waals surface area contributed by atoms with E-state index in [0.717, 1.165) is 10.6 Å². The van der Waals surface area contributed by atoms with Gasteiger partial charge >= 0.3 is 5.97 Å². The minimum atomic E-state index is -3.66. The van der Waals surface area contributed by atoms with Crippen LogP contribution in [0.1, 0.15) is 31.0 Å². The Morgan fingerprint density at radius 1 is 1.12 bits per heavy atom. The lowest BCUT2D eigenvalue weighted by molar-refractivity contribution is -0.141. The molecule has 9 nitrogen and oxygen atoms in total. The van der Waals surface area contributed by atoms with Crippen LogP contribution in [-0.2, 0) is 19.6 Å². The van der Waals surface area contributed by atoms with Crippen molar-refractivity contribution in [3.8, 4) is 17.6 Å². The van der Waals surface area contributed by atoms with Crippen LogP contribution in [0.4, 0.5) is 11.4 Å². The first-order valence-corrected chi connectivity index (χ1v) is 11.7. The third kappa shape index (κ3) is 5.82. The van der Waals surface area contributed by atoms with E-state index in [1.165, 1.54) is 20.2 Å². The van der Waals surface area contributed by atoms with Crippen molar-refractivity contribution in [2.75, 3.05) is 43.2 Å². The van der Waals surface area contributed by atoms with E-state index >= 15 is 0 Å². The molecule has 2 aromatic carbocycles. The molecule has 1 atom stereocenters. The van der Waals surface area contributed by atoms with Crippen molar-refractivity contribution in [3.63, 3.8) is 0 Å². The maximum atomic E-state index is 12.8. The second-order valence-corrected chi connectivity index (χ2v) is 8.76. The summed E-state index contributed by atoms with van der Waals surface area (Å²) in [5.74, 6) is 0.0836. The Balaban J connectivity index is 2.71. The summed E-state index contributed by atoms with van der Waals surface area (Å²) < 4.78 is 42.1. The van der Waals surface area contributed by atoms with Crippen molar-refractivity contribution in [2.45, 2.75) is 19.9 Å². The van der Waals surface area contributed by atoms with E-state index in [9.17, 15) is 13.2 Å². The molecule has 1 unspecified atom stereocenters. The Morgan fingerprint density at radius 2 is 1.69 bits per heavy atom. The average Bonchev–Trinajstić information content (AvgIpc) is 2.77. The molecule has 0 amide bonds. The third-order valence-electron chi connectivity index (χ3n) is 4.60. The zero-order valence-electron chi connectivity index (χ0n) is 18.7. The van der Waals surface area contributed by atoms with E-state index in [2.05, 4.69) is 5.32 Å². The number of hydrogen-bond acceptors (Lipinski definition) is 8. The predicted octanol–water partition coefficient (Wildman–Crippen LogP) is 3.08. The maximum Gasteiger partial charge on any atom is 0.333 e. The first-order chi connectivity index (χ1) is 15.2. The monoisotopic (exact) mass is 461 g/mol. The van der Waals surface area contributed by atoms with Crippen molar-refractivity contribution in [2.24, 2.45) is 0 Å². The van der Waals surface area contributed by atoms with Gasteiger partial charge in [-0.15, -0.1) is 0 Å². The number of sulfonamides is 1. The topological polar surface area (TPSA) is 118 Å². The minimum absolute atomic E-state index is 0.232. The summed E-state index contributed by atoms with van der Waals surface area (Å²) in [5, 5.41) is 12.1. The summed E-state index contributed by atoms with van der Waals surface area (Å²) >= 11 is 0. The quantitative estimate of drug-likeness (QED) is 0.536. The van der Waals surface area contributed by atoms with E-state index in [-0.39, 0.29) is 5.69 Å². The van der Waals surface area contributed by atoms with Crippen LogP contribution in [0.5, 0.6) is 11.5 Å². The van der Waals surface area contributed by atoms with Gasteiger partial charge in [-0.3, -0.25) is 4.31 Å². The largest absolute Gasteiger partial charge is 0.490 e. The highest BCUT2D eigenvalue weighted by Gasteiger charge is 2.30. The Morgan fingerprint density at radius 3 is 2.16 bits per heavy atom. The fraction of sp³-hybridized carbons (Fsp3) is 0.364. The number of anilines is 2. The van der Waals surface area contributed by atoms with Crippen LogP contribution >= 0.6 is 0 Å². The van der Waals surface area contributed by atoms with Gasteiger partial charge < -0.3 is 19.5 Å². The van der Waals surface area contributed by atoms with E-state index < -0.39 is 22.0 Å². The molecule has 2 aromatic rings. The summed E-state index contributed by atoms with van der Waals surface area (Å²) in [5.41, 5.74) is 1.55. The fourth-order valence-corrected chi connectivity index (χ4v) is 3.49. The molecule has 0 aromatic heterocycles. The number of carbonyl (C=O) groups is 1. The number of benzene rings is 2. The molecule has 10 heteroatoms. The van der Waals surface area contributed by atoms with E-state index in [0.29, 0.717) is 41.5 Å². The average molecular weight is 462 g/mol. The van der Waals surface area contributed by atoms with Gasteiger partial charge in [-0.05, 0) is 44.2 Å². The molecule has 2 rings (SSSR count). The van der Waals surface area contributed by atoms with Crippen LogP contribution in [0.2, 0.25) is 0 Å². The fourth-order valence-electron chi connectivity index (χ4n) is 2.97. The van der Waals surface area contributed by atoms with Gasteiger partial charge in [-0.25, -0.2) is 13.2 Å². The van der Waals surface area contributed by atoms with E-state index in [1.54, 1.807) is 44.2 Å². The van der Waals surface area contributed by atoms with E-state index in [1.807, 2.05) is 6.07 Å². The Hall–Kier alpha value is -3.45. The maximum absolute atomic E-state index is 12.8. The number of methoxy groups -OCH3 is 1. The predicted molar refractivity (Wildman–Crippen MR) is 122 cm³/mol. The molecule has 0 fully saturated rings. The highest BCUT2D eigenvalue weighted by molar-refractivity contribution is 7.92. The SMILES string of the molecule is CCOc1cc(C(Nc2ccc(C#N)cc2)C(=O)OC)c(N(C)S(C)(=O)=O)cc1OCC. The molecule has 32 heavy (non-hydrogen) atoms. The van der Waals surface area contributed by atoms with Gasteiger partial charge in [-0.1, -0.05) is 0 Å². The highest BCUT2D eigenvalue weighted by Crippen LogP contribution is 2.40. The summed E-state index contributed by atoms with van der Waals surface area (Å²) in [6.07, 6.45) is 1.06. The van der Waals surface area contributed by atoms with Crippen molar-refractivity contribution >= 4 is 27.4 Å². The van der Waals surface area contributed by atoms with Gasteiger partial charge in [0.1, 0.15) is 0 Å². The lowest BCUT2D eigenvalue weighted by Crippen LogP contribution is -2.29. The van der Waals surface area contributed by atoms with Crippen molar-refractivity contribution < 1.29 is 27.4 Å². The summed E-state index contributed by atoms with van der Waals surface area (Å²) in [7, 11) is -1.03. The first kappa shape index (κ1) is 24.8. The summed E-state index contributed by atoms with van der Waals surface area (Å²) in [6.45, 7) is 4.28. The normalized spacial score (nSPS) is 11.8. The van der Waals surface area contributed by atoms with E-state index in [4.69, 9.17) is 19.5 Å². The van der Waals surface area contributed by atoms with Crippen LogP contribution in [-0.4, -0.2) is 48.0 Å². The van der Waals surface area contributed by atoms with Crippen LogP contribution in [0.25, 0.3) is 0 Å². The number of nitriles is 1. The van der Waals surface area contributed by atoms with Gasteiger partial charge in [0.05, 0.1) is 43.9 Å². The van der Waals surface area contributed by atoms with Gasteiger partial charge in [0, 0.05) is 24.4 Å². The second-order valence-electron chi connectivity index (χ2n) is 6.74. The molecule has 0 saturated carbocycles. The van der Waals surface area contributed by atoms with Crippen LogP contribution in [0, 0.1) is 11.3 Å². The molecule has 0 spiro atoms. The van der Waals surface area contributed by atoms with Crippen molar-refractivity contribution in [3.05, 3.63) is 47.5 Å². The summed E-state index contributed by atoms with van der Waals surface area (Å²) in [4.78, 5) is 12.8. The standard InChI is InChI=1S/C22H27N3O6S/c1-6-30-19-12-17(18(13-20(19)31-7-2)25(3)32(5,27)28)21(22(26)29-4)24-16-10-8-15(14-23)9-11-16/h8-13,21,24H,6-7H2,1-5H3. The Labute approximate surface area is 188 Å². The highest BCUT2D eigenvalue weighted by atomic mass is 32.2. The second kappa shape index (κ2) is 10.7. The molecule has 0 bridgehead atoms. The number of hydrogen-bond donors (Lipinski definition) is 1. The first-order valence-electron chi connectivity index (χ1n) is 9.88. The number of esters is 1. The van der Waals surface area contributed by atoms with Crippen molar-refractivity contribution in [1.29, 1.82) is 5.26 Å². The van der Waals surface area contributed by atoms with Crippen LogP contribution in [0.3, 0.4) is 0 Å². The van der Waals surface area contributed by atoms with Gasteiger partial charge in [0.2, 0.25) is 10.0 Å². The molecule has 172 valence electrons. The molecular formula is C22H27N3O6S. The number of carbonyl (C=O) groups excluding carboxylic acids is 1.